The van der Waals surface area contributed by atoms with Gasteiger partial charge in [-0.2, -0.15) is 0 Å². The van der Waals surface area contributed by atoms with Crippen molar-refractivity contribution in [1.82, 2.24) is 9.80 Å². The van der Waals surface area contributed by atoms with Gasteiger partial charge in [-0.15, -0.1) is 0 Å². The SMILES string of the molecule is COc1ccc(F)cc1CN1CCN(c2ccc([N+](=O)[O-])c(C(=O)N3CCCC3)c2)CC1. The smallest absolute Gasteiger partial charge is 0.282 e. The fourth-order valence-electron chi connectivity index (χ4n) is 4.42. The zero-order chi connectivity index (χ0) is 22.7. The highest BCUT2D eigenvalue weighted by molar-refractivity contribution is 5.99. The molecule has 0 aliphatic carbocycles. The number of carbonyl (C=O) groups excluding carboxylic acids is 1. The minimum atomic E-state index is -0.489. The molecule has 32 heavy (non-hydrogen) atoms. The molecule has 2 aromatic rings. The van der Waals surface area contributed by atoms with Crippen LogP contribution < -0.4 is 9.64 Å². The van der Waals surface area contributed by atoms with Gasteiger partial charge in [0.1, 0.15) is 17.1 Å². The van der Waals surface area contributed by atoms with E-state index in [4.69, 9.17) is 4.74 Å². The number of halogens is 1. The lowest BCUT2D eigenvalue weighted by molar-refractivity contribution is -0.385. The van der Waals surface area contributed by atoms with E-state index in [0.29, 0.717) is 38.5 Å². The summed E-state index contributed by atoms with van der Waals surface area (Å²) in [6.45, 7) is 4.75. The number of likely N-dealkylation sites (tertiary alicyclic amines) is 1. The zero-order valence-electron chi connectivity index (χ0n) is 18.1. The van der Waals surface area contributed by atoms with E-state index >= 15 is 0 Å². The molecular weight excluding hydrogens is 415 g/mol. The molecule has 0 unspecified atom stereocenters. The molecule has 2 aromatic carbocycles. The van der Waals surface area contributed by atoms with E-state index in [1.165, 1.54) is 18.2 Å². The number of piperazine rings is 1. The highest BCUT2D eigenvalue weighted by atomic mass is 19.1. The van der Waals surface area contributed by atoms with Crippen molar-refractivity contribution in [2.24, 2.45) is 0 Å². The Kier molecular flexibility index (Phi) is 6.55. The van der Waals surface area contributed by atoms with Gasteiger partial charge in [-0.3, -0.25) is 19.8 Å². The minimum Gasteiger partial charge on any atom is -0.496 e. The topological polar surface area (TPSA) is 79.2 Å². The van der Waals surface area contributed by atoms with Gasteiger partial charge in [0.2, 0.25) is 0 Å². The molecule has 2 aliphatic rings. The molecular formula is C23H27FN4O4. The van der Waals surface area contributed by atoms with Crippen molar-refractivity contribution in [3.05, 3.63) is 63.5 Å². The summed E-state index contributed by atoms with van der Waals surface area (Å²) in [5.41, 5.74) is 1.61. The average molecular weight is 442 g/mol. The van der Waals surface area contributed by atoms with Crippen LogP contribution >= 0.6 is 0 Å². The van der Waals surface area contributed by atoms with Gasteiger partial charge in [0.05, 0.1) is 12.0 Å². The Morgan fingerprint density at radius 2 is 1.78 bits per heavy atom. The van der Waals surface area contributed by atoms with Crippen LogP contribution in [-0.2, 0) is 6.54 Å². The van der Waals surface area contributed by atoms with E-state index < -0.39 is 4.92 Å². The Labute approximate surface area is 186 Å². The number of nitro groups is 1. The van der Waals surface area contributed by atoms with Crippen LogP contribution in [0.4, 0.5) is 15.8 Å². The van der Waals surface area contributed by atoms with Crippen LogP contribution in [0.15, 0.2) is 36.4 Å². The first-order valence-corrected chi connectivity index (χ1v) is 10.8. The van der Waals surface area contributed by atoms with Crippen LogP contribution in [0.25, 0.3) is 0 Å². The van der Waals surface area contributed by atoms with Crippen LogP contribution in [0.3, 0.4) is 0 Å². The predicted molar refractivity (Wildman–Crippen MR) is 119 cm³/mol. The Morgan fingerprint density at radius 3 is 2.44 bits per heavy atom. The quantitative estimate of drug-likeness (QED) is 0.505. The second-order valence-electron chi connectivity index (χ2n) is 8.18. The lowest BCUT2D eigenvalue weighted by atomic mass is 10.1. The lowest BCUT2D eigenvalue weighted by Gasteiger charge is -2.36. The highest BCUT2D eigenvalue weighted by Crippen LogP contribution is 2.29. The third-order valence-corrected chi connectivity index (χ3v) is 6.17. The molecule has 0 radical (unpaired) electrons. The number of amides is 1. The van der Waals surface area contributed by atoms with Crippen LogP contribution in [-0.4, -0.2) is 67.0 Å². The first-order chi connectivity index (χ1) is 15.5. The molecule has 9 heteroatoms. The monoisotopic (exact) mass is 442 g/mol. The summed E-state index contributed by atoms with van der Waals surface area (Å²) in [5.74, 6) is 0.0997. The van der Waals surface area contributed by atoms with E-state index in [9.17, 15) is 19.3 Å². The summed E-state index contributed by atoms with van der Waals surface area (Å²) >= 11 is 0. The highest BCUT2D eigenvalue weighted by Gasteiger charge is 2.28. The Hall–Kier alpha value is -3.20. The van der Waals surface area contributed by atoms with Gasteiger partial charge in [0.25, 0.3) is 11.6 Å². The second kappa shape index (κ2) is 9.52. The molecule has 2 saturated heterocycles. The number of rotatable bonds is 6. The van der Waals surface area contributed by atoms with Crippen molar-refractivity contribution >= 4 is 17.3 Å². The normalized spacial score (nSPS) is 16.9. The van der Waals surface area contributed by atoms with Gasteiger partial charge < -0.3 is 14.5 Å². The number of carbonyl (C=O) groups is 1. The largest absolute Gasteiger partial charge is 0.496 e. The molecule has 0 aromatic heterocycles. The van der Waals surface area contributed by atoms with Gasteiger partial charge in [-0.1, -0.05) is 0 Å². The molecule has 0 spiro atoms. The summed E-state index contributed by atoms with van der Waals surface area (Å²) in [5, 5.41) is 11.5. The predicted octanol–water partition coefficient (Wildman–Crippen LogP) is 3.30. The van der Waals surface area contributed by atoms with E-state index in [1.807, 2.05) is 0 Å². The maximum Gasteiger partial charge on any atom is 0.282 e. The number of hydrogen-bond donors (Lipinski definition) is 0. The van der Waals surface area contributed by atoms with Crippen LogP contribution in [0.5, 0.6) is 5.75 Å². The molecule has 170 valence electrons. The molecule has 2 aliphatic heterocycles. The lowest BCUT2D eigenvalue weighted by Crippen LogP contribution is -2.46. The number of anilines is 1. The number of benzene rings is 2. The standard InChI is InChI=1S/C23H27FN4O4/c1-32-22-7-4-18(24)14-17(22)16-25-10-12-26(13-11-25)19-5-6-21(28(30)31)20(15-19)23(29)27-8-2-3-9-27/h4-7,14-15H,2-3,8-13,16H2,1H3. The second-order valence-corrected chi connectivity index (χ2v) is 8.18. The van der Waals surface area contributed by atoms with Gasteiger partial charge in [0.15, 0.2) is 0 Å². The van der Waals surface area contributed by atoms with Crippen LogP contribution in [0.2, 0.25) is 0 Å². The van der Waals surface area contributed by atoms with Gasteiger partial charge in [0, 0.05) is 63.1 Å². The molecule has 2 fully saturated rings. The third kappa shape index (κ3) is 4.67. The molecule has 0 N–H and O–H groups in total. The number of methoxy groups -OCH3 is 1. The molecule has 2 heterocycles. The molecule has 0 atom stereocenters. The van der Waals surface area contributed by atoms with E-state index in [1.54, 1.807) is 30.2 Å². The number of ether oxygens (including phenoxy) is 1. The summed E-state index contributed by atoms with van der Waals surface area (Å²) < 4.78 is 19.0. The fourth-order valence-corrected chi connectivity index (χ4v) is 4.42. The number of hydrogen-bond acceptors (Lipinski definition) is 6. The first-order valence-electron chi connectivity index (χ1n) is 10.8. The zero-order valence-corrected chi connectivity index (χ0v) is 18.1. The molecule has 0 bridgehead atoms. The van der Waals surface area contributed by atoms with Gasteiger partial charge in [-0.25, -0.2) is 4.39 Å². The molecule has 0 saturated carbocycles. The Balaban J connectivity index is 1.46. The van der Waals surface area contributed by atoms with Crippen molar-refractivity contribution in [2.75, 3.05) is 51.3 Å². The summed E-state index contributed by atoms with van der Waals surface area (Å²) in [7, 11) is 1.57. The molecule has 1 amide bonds. The van der Waals surface area contributed by atoms with Gasteiger partial charge in [-0.05, 0) is 43.2 Å². The van der Waals surface area contributed by atoms with E-state index in [2.05, 4.69) is 9.80 Å². The van der Waals surface area contributed by atoms with E-state index in [0.717, 1.165) is 37.2 Å². The van der Waals surface area contributed by atoms with Crippen molar-refractivity contribution in [3.63, 3.8) is 0 Å². The molecule has 8 nitrogen and oxygen atoms in total. The fraction of sp³-hybridized carbons (Fsp3) is 0.435. The van der Waals surface area contributed by atoms with Gasteiger partial charge >= 0.3 is 0 Å². The maximum atomic E-state index is 13.7. The minimum absolute atomic E-state index is 0.150. The summed E-state index contributed by atoms with van der Waals surface area (Å²) in [6, 6.07) is 9.32. The van der Waals surface area contributed by atoms with Crippen LogP contribution in [0, 0.1) is 15.9 Å². The van der Waals surface area contributed by atoms with Crippen molar-refractivity contribution in [1.29, 1.82) is 0 Å². The average Bonchev–Trinajstić information content (AvgIpc) is 3.34. The first kappa shape index (κ1) is 22.0. The molecule has 4 rings (SSSR count). The van der Waals surface area contributed by atoms with E-state index in [-0.39, 0.29) is 23.0 Å². The number of nitro benzene ring substituents is 1. The summed E-state index contributed by atoms with van der Waals surface area (Å²) in [6.07, 6.45) is 1.86. The van der Waals surface area contributed by atoms with Crippen molar-refractivity contribution in [3.8, 4) is 5.75 Å². The van der Waals surface area contributed by atoms with Crippen molar-refractivity contribution in [2.45, 2.75) is 19.4 Å². The Bertz CT molecular complexity index is 1000. The number of nitrogens with zero attached hydrogens (tertiary/aromatic N) is 4. The maximum absolute atomic E-state index is 13.7. The summed E-state index contributed by atoms with van der Waals surface area (Å²) in [4.78, 5) is 30.0. The third-order valence-electron chi connectivity index (χ3n) is 6.17. The van der Waals surface area contributed by atoms with Crippen molar-refractivity contribution < 1.29 is 18.8 Å². The van der Waals surface area contributed by atoms with Crippen LogP contribution in [0.1, 0.15) is 28.8 Å². The Morgan fingerprint density at radius 1 is 1.06 bits per heavy atom.